The van der Waals surface area contributed by atoms with Gasteiger partial charge in [-0.1, -0.05) is 45.4 Å². The van der Waals surface area contributed by atoms with E-state index in [1.807, 2.05) is 6.92 Å². The molecule has 23 heteroatoms. The van der Waals surface area contributed by atoms with Crippen molar-refractivity contribution in [3.05, 3.63) is 0 Å². The second kappa shape index (κ2) is 21.5. The molecule has 0 aromatic carbocycles. The molecule has 0 amide bonds. The van der Waals surface area contributed by atoms with E-state index in [9.17, 15) is 58.4 Å². The Morgan fingerprint density at radius 2 is 1.17 bits per heavy atom. The van der Waals surface area contributed by atoms with Crippen molar-refractivity contribution in [2.75, 3.05) is 13.2 Å². The van der Waals surface area contributed by atoms with Crippen LogP contribution in [0.3, 0.4) is 0 Å². The van der Waals surface area contributed by atoms with E-state index < -0.39 is 97.5 Å². The molecule has 20 nitrogen and oxygen atoms in total. The summed E-state index contributed by atoms with van der Waals surface area (Å²) in [5.74, 6) is -1.42. The first kappa shape index (κ1) is 45.1. The number of phosphoric ester groups is 3. The number of aliphatic hydroxyl groups excluding tert-OH is 4. The topological polar surface area (TPSA) is 323 Å². The predicted octanol–water partition coefficient (Wildman–Crippen LogP) is 0.687. The van der Waals surface area contributed by atoms with Gasteiger partial charge >= 0.3 is 35.4 Å². The number of carbonyl (C=O) groups excluding carboxylic acids is 2. The zero-order chi connectivity index (χ0) is 36.7. The van der Waals surface area contributed by atoms with Gasteiger partial charge in [0.15, 0.2) is 6.10 Å². The number of esters is 2. The van der Waals surface area contributed by atoms with Gasteiger partial charge in [-0.2, -0.15) is 0 Å². The lowest BCUT2D eigenvalue weighted by molar-refractivity contribution is -0.213. The molecular formula is C25H49O20P3. The SMILES string of the molecule is CCCCCCCC(=O)OC[C@H](COP(=O)(O)O[C@@H]1[C@H](O)[C@H](O)[C@@H](OP(=O)(O)O)[C@H](OP(=O)(O)O)[C@H]1O)OC(=O)CCCCC[C@H](C)O. The molecule has 1 saturated carbocycles. The Kier molecular flexibility index (Phi) is 20.2. The Hall–Kier alpha value is -0.890. The number of aliphatic hydroxyl groups is 4. The quantitative estimate of drug-likeness (QED) is 0.0371. The normalized spacial score (nSPS) is 26.0. The lowest BCUT2D eigenvalue weighted by Crippen LogP contribution is -2.65. The van der Waals surface area contributed by atoms with Crippen molar-refractivity contribution >= 4 is 35.4 Å². The van der Waals surface area contributed by atoms with E-state index in [-0.39, 0.29) is 12.8 Å². The van der Waals surface area contributed by atoms with Crippen LogP contribution in [-0.2, 0) is 50.9 Å². The average Bonchev–Trinajstić information content (AvgIpc) is 2.96. The second-order valence-corrected chi connectivity index (χ2v) is 15.1. The largest absolute Gasteiger partial charge is 0.472 e. The van der Waals surface area contributed by atoms with Crippen molar-refractivity contribution in [2.24, 2.45) is 0 Å². The Labute approximate surface area is 277 Å². The van der Waals surface area contributed by atoms with Gasteiger partial charge in [-0.3, -0.25) is 27.7 Å². The highest BCUT2D eigenvalue weighted by molar-refractivity contribution is 7.47. The van der Waals surface area contributed by atoms with Gasteiger partial charge in [0.2, 0.25) is 0 Å². The third kappa shape index (κ3) is 18.9. The molecule has 1 fully saturated rings. The molecule has 0 radical (unpaired) electrons. The number of hydrogen-bond donors (Lipinski definition) is 9. The summed E-state index contributed by atoms with van der Waals surface area (Å²) in [6, 6.07) is 0. The first-order valence-electron chi connectivity index (χ1n) is 15.4. The fourth-order valence-corrected chi connectivity index (χ4v) is 6.69. The molecule has 0 heterocycles. The molecule has 9 atom stereocenters. The Balaban J connectivity index is 2.98. The number of rotatable bonds is 24. The van der Waals surface area contributed by atoms with Crippen LogP contribution in [0.25, 0.3) is 0 Å². The summed E-state index contributed by atoms with van der Waals surface area (Å²) >= 11 is 0. The van der Waals surface area contributed by atoms with Crippen LogP contribution in [0.5, 0.6) is 0 Å². The molecule has 0 aromatic heterocycles. The number of phosphoric acid groups is 3. The third-order valence-electron chi connectivity index (χ3n) is 6.93. The molecule has 0 bridgehead atoms. The van der Waals surface area contributed by atoms with Gasteiger partial charge in [-0.25, -0.2) is 13.7 Å². The van der Waals surface area contributed by atoms with Crippen LogP contribution < -0.4 is 0 Å². The highest BCUT2D eigenvalue weighted by Gasteiger charge is 2.56. The molecule has 1 rings (SSSR count). The maximum absolute atomic E-state index is 12.8. The smallest absolute Gasteiger partial charge is 0.462 e. The summed E-state index contributed by atoms with van der Waals surface area (Å²) in [7, 11) is -16.6. The first-order valence-corrected chi connectivity index (χ1v) is 19.9. The maximum atomic E-state index is 12.8. The van der Waals surface area contributed by atoms with Gasteiger partial charge in [-0.15, -0.1) is 0 Å². The molecule has 1 unspecified atom stereocenters. The van der Waals surface area contributed by atoms with Gasteiger partial charge in [0.1, 0.15) is 43.2 Å². The molecule has 9 N–H and O–H groups in total. The average molecular weight is 763 g/mol. The molecule has 48 heavy (non-hydrogen) atoms. The molecule has 1 aliphatic carbocycles. The number of ether oxygens (including phenoxy) is 2. The summed E-state index contributed by atoms with van der Waals surface area (Å²) in [6.07, 6.45) is -10.6. The van der Waals surface area contributed by atoms with Crippen molar-refractivity contribution in [3.63, 3.8) is 0 Å². The first-order chi connectivity index (χ1) is 22.2. The molecule has 0 spiro atoms. The van der Waals surface area contributed by atoms with Crippen LogP contribution >= 0.6 is 23.5 Å². The number of unbranched alkanes of at least 4 members (excludes halogenated alkanes) is 6. The summed E-state index contributed by atoms with van der Waals surface area (Å²) < 4.78 is 64.1. The summed E-state index contributed by atoms with van der Waals surface area (Å²) in [6.45, 7) is 2.11. The Bertz CT molecular complexity index is 1110. The van der Waals surface area contributed by atoms with E-state index in [4.69, 9.17) is 28.3 Å². The minimum absolute atomic E-state index is 0.0560. The number of hydrogen-bond acceptors (Lipinski definition) is 15. The number of carbonyl (C=O) groups is 2. The van der Waals surface area contributed by atoms with Crippen molar-refractivity contribution in [2.45, 2.75) is 133 Å². The van der Waals surface area contributed by atoms with E-state index in [2.05, 4.69) is 9.05 Å². The monoisotopic (exact) mass is 762 g/mol. The van der Waals surface area contributed by atoms with Crippen LogP contribution in [0.1, 0.15) is 84.5 Å². The molecule has 1 aliphatic rings. The Morgan fingerprint density at radius 1 is 0.667 bits per heavy atom. The molecule has 284 valence electrons. The van der Waals surface area contributed by atoms with Crippen LogP contribution in [0.15, 0.2) is 0 Å². The van der Waals surface area contributed by atoms with Crippen LogP contribution in [0.4, 0.5) is 0 Å². The van der Waals surface area contributed by atoms with Crippen molar-refractivity contribution in [1.82, 2.24) is 0 Å². The van der Waals surface area contributed by atoms with Gasteiger partial charge in [0, 0.05) is 12.8 Å². The fraction of sp³-hybridized carbons (Fsp3) is 0.920. The standard InChI is InChI=1S/C25H49O20P3/c1-3-4-5-6-9-12-18(27)40-14-17(42-19(28)13-10-7-8-11-16(2)26)15-41-48(38,39)45-23-20(29)21(30)24(43-46(32,33)34)25(22(23)31)44-47(35,36)37/h16-17,20-26,29-31H,3-15H2,1-2H3,(H,38,39)(H2,32,33,34)(H2,35,36,37)/t16-,17+,20+,21-,22-,23+,24+,25+/m0/s1. The summed E-state index contributed by atoms with van der Waals surface area (Å²) in [4.78, 5) is 71.6. The zero-order valence-electron chi connectivity index (χ0n) is 26.7. The molecule has 0 saturated heterocycles. The second-order valence-electron chi connectivity index (χ2n) is 11.3. The summed E-state index contributed by atoms with van der Waals surface area (Å²) in [5, 5.41) is 40.7. The van der Waals surface area contributed by atoms with Gasteiger partial charge < -0.3 is 54.4 Å². The lowest BCUT2D eigenvalue weighted by Gasteiger charge is -2.44. The van der Waals surface area contributed by atoms with Gasteiger partial charge in [0.05, 0.1) is 12.7 Å². The lowest BCUT2D eigenvalue weighted by atomic mass is 9.85. The predicted molar refractivity (Wildman–Crippen MR) is 161 cm³/mol. The van der Waals surface area contributed by atoms with E-state index in [0.717, 1.165) is 25.7 Å². The van der Waals surface area contributed by atoms with Gasteiger partial charge in [-0.05, 0) is 26.2 Å². The third-order valence-corrected chi connectivity index (χ3v) is 8.95. The maximum Gasteiger partial charge on any atom is 0.472 e. The zero-order valence-corrected chi connectivity index (χ0v) is 29.4. The Morgan fingerprint density at radius 3 is 1.71 bits per heavy atom. The highest BCUT2D eigenvalue weighted by atomic mass is 31.2. The van der Waals surface area contributed by atoms with Crippen molar-refractivity contribution in [3.8, 4) is 0 Å². The molecule has 0 aliphatic heterocycles. The molecule has 0 aromatic rings. The van der Waals surface area contributed by atoms with Crippen LogP contribution in [-0.4, -0.2) is 119 Å². The summed E-state index contributed by atoms with van der Waals surface area (Å²) in [5.41, 5.74) is 0. The highest BCUT2D eigenvalue weighted by Crippen LogP contribution is 2.51. The van der Waals surface area contributed by atoms with Crippen LogP contribution in [0, 0.1) is 0 Å². The van der Waals surface area contributed by atoms with E-state index in [1.165, 1.54) is 0 Å². The van der Waals surface area contributed by atoms with E-state index >= 15 is 0 Å². The van der Waals surface area contributed by atoms with Crippen LogP contribution in [0.2, 0.25) is 0 Å². The molecular weight excluding hydrogens is 713 g/mol. The minimum atomic E-state index is -5.59. The fourth-order valence-electron chi connectivity index (χ4n) is 4.59. The minimum Gasteiger partial charge on any atom is -0.462 e. The van der Waals surface area contributed by atoms with Crippen molar-refractivity contribution in [1.29, 1.82) is 0 Å². The van der Waals surface area contributed by atoms with Gasteiger partial charge in [0.25, 0.3) is 0 Å². The van der Waals surface area contributed by atoms with Crippen molar-refractivity contribution < 1.29 is 95.7 Å². The van der Waals surface area contributed by atoms with E-state index in [0.29, 0.717) is 32.1 Å². The van der Waals surface area contributed by atoms with E-state index in [1.54, 1.807) is 6.92 Å².